The fourth-order valence-electron chi connectivity index (χ4n) is 1.15. The first-order valence-electron chi connectivity index (χ1n) is 5.69. The smallest absolute Gasteiger partial charge is 0.346 e. The van der Waals surface area contributed by atoms with Crippen molar-refractivity contribution in [1.29, 1.82) is 0 Å². The summed E-state index contributed by atoms with van der Waals surface area (Å²) in [6.45, 7) is 3.88. The Hall–Kier alpha value is -0.750. The highest BCUT2D eigenvalue weighted by Gasteiger charge is 2.20. The van der Waals surface area contributed by atoms with Crippen LogP contribution in [0, 0.1) is 5.92 Å². The number of hydrogen-bond acceptors (Lipinski definition) is 6. The van der Waals surface area contributed by atoms with Crippen molar-refractivity contribution in [3.8, 4) is 0 Å². The fourth-order valence-corrected chi connectivity index (χ4v) is 1.89. The number of rotatable bonds is 5. The van der Waals surface area contributed by atoms with Crippen LogP contribution in [0.15, 0.2) is 0 Å². The van der Waals surface area contributed by atoms with Gasteiger partial charge in [-0.25, -0.2) is 4.79 Å². The maximum atomic E-state index is 11.3. The molecule has 1 aliphatic heterocycles. The highest BCUT2D eigenvalue weighted by Crippen LogP contribution is 2.13. The van der Waals surface area contributed by atoms with Gasteiger partial charge < -0.3 is 14.2 Å². The molecule has 0 aliphatic carbocycles. The first-order chi connectivity index (χ1) is 8.13. The SMILES string of the molecule is CCC(C)C(=O)OCC(=O)OC1CSCCO1. The van der Waals surface area contributed by atoms with Crippen LogP contribution in [0.1, 0.15) is 20.3 Å². The van der Waals surface area contributed by atoms with Gasteiger partial charge in [0, 0.05) is 5.75 Å². The van der Waals surface area contributed by atoms with Gasteiger partial charge >= 0.3 is 11.9 Å². The average molecular weight is 262 g/mol. The lowest BCUT2D eigenvalue weighted by molar-refractivity contribution is -0.181. The molecule has 1 fully saturated rings. The maximum absolute atomic E-state index is 11.3. The van der Waals surface area contributed by atoms with E-state index in [-0.39, 0.29) is 18.5 Å². The molecule has 2 unspecified atom stereocenters. The minimum absolute atomic E-state index is 0.190. The van der Waals surface area contributed by atoms with Crippen molar-refractivity contribution < 1.29 is 23.8 Å². The fraction of sp³-hybridized carbons (Fsp3) is 0.818. The number of carbonyl (C=O) groups excluding carboxylic acids is 2. The summed E-state index contributed by atoms with van der Waals surface area (Å²) in [4.78, 5) is 22.6. The zero-order valence-corrected chi connectivity index (χ0v) is 11.0. The van der Waals surface area contributed by atoms with Crippen LogP contribution in [0.25, 0.3) is 0 Å². The Morgan fingerprint density at radius 1 is 1.53 bits per heavy atom. The Morgan fingerprint density at radius 2 is 2.29 bits per heavy atom. The molecule has 1 aliphatic rings. The van der Waals surface area contributed by atoms with Crippen LogP contribution in [0.3, 0.4) is 0 Å². The lowest BCUT2D eigenvalue weighted by atomic mass is 10.1. The lowest BCUT2D eigenvalue weighted by Gasteiger charge is -2.22. The number of hydrogen-bond donors (Lipinski definition) is 0. The van der Waals surface area contributed by atoms with E-state index in [1.807, 2.05) is 6.92 Å². The summed E-state index contributed by atoms with van der Waals surface area (Å²) in [5.41, 5.74) is 0. The van der Waals surface area contributed by atoms with E-state index in [0.717, 1.165) is 5.75 Å². The molecular formula is C11H18O5S. The van der Waals surface area contributed by atoms with Gasteiger partial charge in [-0.05, 0) is 6.42 Å². The lowest BCUT2D eigenvalue weighted by Crippen LogP contribution is -2.31. The van der Waals surface area contributed by atoms with Crippen LogP contribution in [0.4, 0.5) is 0 Å². The van der Waals surface area contributed by atoms with E-state index in [0.29, 0.717) is 18.8 Å². The van der Waals surface area contributed by atoms with E-state index in [1.54, 1.807) is 18.7 Å². The Balaban J connectivity index is 2.18. The molecule has 0 N–H and O–H groups in total. The largest absolute Gasteiger partial charge is 0.453 e. The molecular weight excluding hydrogens is 244 g/mol. The molecule has 2 atom stereocenters. The number of ether oxygens (including phenoxy) is 3. The third-order valence-electron chi connectivity index (χ3n) is 2.40. The van der Waals surface area contributed by atoms with Crippen molar-refractivity contribution in [3.63, 3.8) is 0 Å². The monoisotopic (exact) mass is 262 g/mol. The van der Waals surface area contributed by atoms with Gasteiger partial charge in [-0.2, -0.15) is 11.8 Å². The minimum atomic E-state index is -0.561. The van der Waals surface area contributed by atoms with Crippen LogP contribution < -0.4 is 0 Å². The molecule has 0 spiro atoms. The number of esters is 2. The molecule has 0 radical (unpaired) electrons. The second-order valence-corrected chi connectivity index (χ2v) is 4.93. The van der Waals surface area contributed by atoms with E-state index in [9.17, 15) is 9.59 Å². The van der Waals surface area contributed by atoms with Crippen molar-refractivity contribution in [1.82, 2.24) is 0 Å². The van der Waals surface area contributed by atoms with Gasteiger partial charge in [-0.3, -0.25) is 4.79 Å². The predicted molar refractivity (Wildman–Crippen MR) is 63.6 cm³/mol. The third-order valence-corrected chi connectivity index (χ3v) is 3.36. The van der Waals surface area contributed by atoms with E-state index in [1.165, 1.54) is 0 Å². The Bertz CT molecular complexity index is 263. The molecule has 0 aromatic rings. The zero-order chi connectivity index (χ0) is 12.7. The van der Waals surface area contributed by atoms with Gasteiger partial charge in [-0.1, -0.05) is 13.8 Å². The van der Waals surface area contributed by atoms with Crippen molar-refractivity contribution in [2.45, 2.75) is 26.6 Å². The van der Waals surface area contributed by atoms with E-state index in [2.05, 4.69) is 0 Å². The highest BCUT2D eigenvalue weighted by molar-refractivity contribution is 7.99. The van der Waals surface area contributed by atoms with Gasteiger partial charge in [0.2, 0.25) is 6.29 Å². The molecule has 0 bridgehead atoms. The van der Waals surface area contributed by atoms with Crippen molar-refractivity contribution >= 4 is 23.7 Å². The third kappa shape index (κ3) is 5.41. The van der Waals surface area contributed by atoms with Crippen molar-refractivity contribution in [2.24, 2.45) is 5.92 Å². The van der Waals surface area contributed by atoms with Crippen LogP contribution in [0.5, 0.6) is 0 Å². The standard InChI is InChI=1S/C11H18O5S/c1-3-8(2)11(13)15-6-9(12)16-10-7-17-5-4-14-10/h8,10H,3-7H2,1-2H3. The summed E-state index contributed by atoms with van der Waals surface area (Å²) in [5.74, 6) is 0.420. The molecule has 1 saturated heterocycles. The molecule has 5 nitrogen and oxygen atoms in total. The Morgan fingerprint density at radius 3 is 2.88 bits per heavy atom. The van der Waals surface area contributed by atoms with Crippen LogP contribution in [-0.4, -0.2) is 42.9 Å². The molecule has 1 heterocycles. The van der Waals surface area contributed by atoms with E-state index in [4.69, 9.17) is 14.2 Å². The van der Waals surface area contributed by atoms with Gasteiger partial charge in [0.25, 0.3) is 0 Å². The molecule has 0 saturated carbocycles. The van der Waals surface area contributed by atoms with Gasteiger partial charge in [-0.15, -0.1) is 0 Å². The summed E-state index contributed by atoms with van der Waals surface area (Å²) in [5, 5.41) is 0. The number of carbonyl (C=O) groups is 2. The van der Waals surface area contributed by atoms with Crippen LogP contribution in [-0.2, 0) is 23.8 Å². The molecule has 0 aromatic heterocycles. The summed E-state index contributed by atoms with van der Waals surface area (Å²) in [6.07, 6.45) is 0.180. The van der Waals surface area contributed by atoms with Crippen LogP contribution >= 0.6 is 11.8 Å². The summed E-state index contributed by atoms with van der Waals surface area (Å²) >= 11 is 1.67. The van der Waals surface area contributed by atoms with Crippen molar-refractivity contribution in [2.75, 3.05) is 24.7 Å². The first-order valence-corrected chi connectivity index (χ1v) is 6.84. The molecule has 0 amide bonds. The minimum Gasteiger partial charge on any atom is -0.453 e. The van der Waals surface area contributed by atoms with Gasteiger partial charge in [0.15, 0.2) is 6.61 Å². The highest BCUT2D eigenvalue weighted by atomic mass is 32.2. The second kappa shape index (κ2) is 7.55. The summed E-state index contributed by atoms with van der Waals surface area (Å²) < 4.78 is 15.0. The van der Waals surface area contributed by atoms with Gasteiger partial charge in [0.1, 0.15) is 0 Å². The molecule has 6 heteroatoms. The van der Waals surface area contributed by atoms with Crippen molar-refractivity contribution in [3.05, 3.63) is 0 Å². The van der Waals surface area contributed by atoms with E-state index < -0.39 is 12.3 Å². The Labute approximate surface area is 105 Å². The summed E-state index contributed by atoms with van der Waals surface area (Å²) in [7, 11) is 0. The maximum Gasteiger partial charge on any atom is 0.346 e. The molecule has 1 rings (SSSR count). The topological polar surface area (TPSA) is 61.8 Å². The van der Waals surface area contributed by atoms with E-state index >= 15 is 0 Å². The Kier molecular flexibility index (Phi) is 6.36. The van der Waals surface area contributed by atoms with Crippen LogP contribution in [0.2, 0.25) is 0 Å². The normalized spacial score (nSPS) is 21.6. The first kappa shape index (κ1) is 14.3. The molecule has 17 heavy (non-hydrogen) atoms. The number of thioether (sulfide) groups is 1. The average Bonchev–Trinajstić information content (AvgIpc) is 2.36. The zero-order valence-electron chi connectivity index (χ0n) is 10.1. The second-order valence-electron chi connectivity index (χ2n) is 3.78. The summed E-state index contributed by atoms with van der Waals surface area (Å²) in [6, 6.07) is 0. The van der Waals surface area contributed by atoms with Gasteiger partial charge in [0.05, 0.1) is 18.3 Å². The molecule has 98 valence electrons. The quantitative estimate of drug-likeness (QED) is 0.694. The predicted octanol–water partition coefficient (Wildman–Crippen LogP) is 1.21. The molecule has 0 aromatic carbocycles.